The average molecular weight is 473 g/mol. The van der Waals surface area contributed by atoms with Gasteiger partial charge < -0.3 is 38.3 Å². The second-order valence-electron chi connectivity index (χ2n) is 6.93. The van der Waals surface area contributed by atoms with Gasteiger partial charge in [0.1, 0.15) is 17.3 Å². The molecule has 176 valence electrons. The van der Waals surface area contributed by atoms with E-state index in [1.54, 1.807) is 47.9 Å². The zero-order valence-corrected chi connectivity index (χ0v) is 20.2. The number of hydrogen-bond donors (Lipinski definition) is 1. The van der Waals surface area contributed by atoms with E-state index in [4.69, 9.17) is 40.3 Å². The van der Waals surface area contributed by atoms with E-state index >= 15 is 0 Å². The van der Waals surface area contributed by atoms with Crippen molar-refractivity contribution in [1.29, 1.82) is 0 Å². The van der Waals surface area contributed by atoms with Crippen LogP contribution in [0.5, 0.6) is 28.7 Å². The van der Waals surface area contributed by atoms with E-state index in [0.717, 1.165) is 11.3 Å². The number of rotatable bonds is 10. The van der Waals surface area contributed by atoms with Crippen molar-refractivity contribution in [3.05, 3.63) is 60.1 Å². The van der Waals surface area contributed by atoms with Gasteiger partial charge in [-0.25, -0.2) is 0 Å². The molecule has 8 nitrogen and oxygen atoms in total. The van der Waals surface area contributed by atoms with Crippen LogP contribution in [-0.2, 0) is 13.1 Å². The zero-order chi connectivity index (χ0) is 23.8. The topological polar surface area (TPSA) is 74.6 Å². The van der Waals surface area contributed by atoms with Gasteiger partial charge in [0.25, 0.3) is 0 Å². The normalized spacial score (nSPS) is 10.3. The fraction of sp³-hybridized carbons (Fsp3) is 0.292. The Bertz CT molecular complexity index is 1070. The minimum absolute atomic E-state index is 0.425. The first kappa shape index (κ1) is 24.1. The summed E-state index contributed by atoms with van der Waals surface area (Å²) in [6.07, 6.45) is 1.63. The van der Waals surface area contributed by atoms with Crippen LogP contribution < -0.4 is 29.0 Å². The molecule has 0 saturated heterocycles. The molecule has 9 heteroatoms. The lowest BCUT2D eigenvalue weighted by atomic mass is 10.1. The summed E-state index contributed by atoms with van der Waals surface area (Å²) in [6.45, 7) is 0.864. The highest BCUT2D eigenvalue weighted by Gasteiger charge is 2.21. The van der Waals surface area contributed by atoms with Crippen molar-refractivity contribution in [2.45, 2.75) is 13.1 Å². The van der Waals surface area contributed by atoms with Gasteiger partial charge in [-0.1, -0.05) is 0 Å². The molecule has 0 bridgehead atoms. The molecule has 33 heavy (non-hydrogen) atoms. The molecule has 0 saturated carbocycles. The number of nitrogens with zero attached hydrogens (tertiary/aromatic N) is 1. The maximum absolute atomic E-state index is 5.78. The van der Waals surface area contributed by atoms with Crippen molar-refractivity contribution in [1.82, 2.24) is 4.90 Å². The molecule has 0 radical (unpaired) electrons. The Balaban J connectivity index is 1.92. The van der Waals surface area contributed by atoms with Gasteiger partial charge in [-0.15, -0.1) is 0 Å². The molecule has 1 heterocycles. The van der Waals surface area contributed by atoms with E-state index in [0.29, 0.717) is 52.6 Å². The highest BCUT2D eigenvalue weighted by molar-refractivity contribution is 7.80. The summed E-state index contributed by atoms with van der Waals surface area (Å²) in [5, 5.41) is 3.75. The van der Waals surface area contributed by atoms with Crippen molar-refractivity contribution in [3.8, 4) is 28.7 Å². The highest BCUT2D eigenvalue weighted by atomic mass is 32.1. The summed E-state index contributed by atoms with van der Waals surface area (Å²) < 4.78 is 32.9. The SMILES string of the molecule is COc1ccc(NC(=S)N(Cc2ccco2)Cc2ccc(OC)c(OC)c2OC)c(OC)c1. The van der Waals surface area contributed by atoms with E-state index < -0.39 is 0 Å². The van der Waals surface area contributed by atoms with Crippen LogP contribution in [0.2, 0.25) is 0 Å². The third kappa shape index (κ3) is 5.61. The molecular formula is C24H28N2O6S. The van der Waals surface area contributed by atoms with Crippen LogP contribution >= 0.6 is 12.2 Å². The molecule has 3 aromatic rings. The van der Waals surface area contributed by atoms with Crippen LogP contribution in [0, 0.1) is 0 Å². The molecule has 0 atom stereocenters. The molecule has 0 spiro atoms. The molecule has 0 aliphatic carbocycles. The Hall–Kier alpha value is -3.59. The van der Waals surface area contributed by atoms with Gasteiger partial charge in [0.05, 0.1) is 54.0 Å². The van der Waals surface area contributed by atoms with Crippen LogP contribution in [0.25, 0.3) is 0 Å². The maximum atomic E-state index is 5.78. The summed E-state index contributed by atoms with van der Waals surface area (Å²) in [5.41, 5.74) is 1.58. The molecule has 0 amide bonds. The minimum Gasteiger partial charge on any atom is -0.497 e. The Morgan fingerprint density at radius 3 is 2.21 bits per heavy atom. The lowest BCUT2D eigenvalue weighted by Crippen LogP contribution is -2.34. The summed E-state index contributed by atoms with van der Waals surface area (Å²) >= 11 is 5.78. The lowest BCUT2D eigenvalue weighted by molar-refractivity contribution is 0.313. The van der Waals surface area contributed by atoms with Gasteiger partial charge in [0.15, 0.2) is 16.6 Å². The molecule has 2 aromatic carbocycles. The highest BCUT2D eigenvalue weighted by Crippen LogP contribution is 2.40. The van der Waals surface area contributed by atoms with E-state index in [1.807, 2.05) is 41.3 Å². The van der Waals surface area contributed by atoms with E-state index in [9.17, 15) is 0 Å². The second-order valence-corrected chi connectivity index (χ2v) is 7.31. The average Bonchev–Trinajstić information content (AvgIpc) is 3.36. The number of anilines is 1. The molecular weight excluding hydrogens is 444 g/mol. The first-order valence-electron chi connectivity index (χ1n) is 10.1. The van der Waals surface area contributed by atoms with Crippen LogP contribution in [0.4, 0.5) is 5.69 Å². The fourth-order valence-electron chi connectivity index (χ4n) is 3.38. The number of furan rings is 1. The fourth-order valence-corrected chi connectivity index (χ4v) is 3.62. The molecule has 1 N–H and O–H groups in total. The van der Waals surface area contributed by atoms with Crippen LogP contribution in [0.15, 0.2) is 53.1 Å². The Morgan fingerprint density at radius 2 is 1.61 bits per heavy atom. The molecule has 0 aliphatic rings. The van der Waals surface area contributed by atoms with Gasteiger partial charge in [-0.2, -0.15) is 0 Å². The second kappa shape index (κ2) is 11.3. The third-order valence-electron chi connectivity index (χ3n) is 5.01. The first-order valence-corrected chi connectivity index (χ1v) is 10.5. The predicted octanol–water partition coefficient (Wildman–Crippen LogP) is 4.72. The predicted molar refractivity (Wildman–Crippen MR) is 130 cm³/mol. The summed E-state index contributed by atoms with van der Waals surface area (Å²) in [6, 6.07) is 13.0. The molecule has 3 rings (SSSR count). The molecule has 1 aromatic heterocycles. The van der Waals surface area contributed by atoms with Gasteiger partial charge in [0, 0.05) is 18.2 Å². The Labute approximate surface area is 198 Å². The van der Waals surface area contributed by atoms with E-state index in [2.05, 4.69) is 5.32 Å². The molecule has 0 aliphatic heterocycles. The molecule has 0 unspecified atom stereocenters. The number of methoxy groups -OCH3 is 5. The van der Waals surface area contributed by atoms with Crippen molar-refractivity contribution in [3.63, 3.8) is 0 Å². The minimum atomic E-state index is 0.425. The van der Waals surface area contributed by atoms with Gasteiger partial charge >= 0.3 is 0 Å². The smallest absolute Gasteiger partial charge is 0.203 e. The third-order valence-corrected chi connectivity index (χ3v) is 5.37. The van der Waals surface area contributed by atoms with Crippen LogP contribution in [-0.4, -0.2) is 45.6 Å². The van der Waals surface area contributed by atoms with E-state index in [1.165, 1.54) is 0 Å². The quantitative estimate of drug-likeness (QED) is 0.422. The van der Waals surface area contributed by atoms with Crippen LogP contribution in [0.1, 0.15) is 11.3 Å². The van der Waals surface area contributed by atoms with Crippen molar-refractivity contribution in [2.24, 2.45) is 0 Å². The monoisotopic (exact) mass is 472 g/mol. The number of benzene rings is 2. The maximum Gasteiger partial charge on any atom is 0.203 e. The number of thiocarbonyl (C=S) groups is 1. The number of hydrogen-bond acceptors (Lipinski definition) is 7. The lowest BCUT2D eigenvalue weighted by Gasteiger charge is -2.27. The van der Waals surface area contributed by atoms with E-state index in [-0.39, 0.29) is 0 Å². The Kier molecular flexibility index (Phi) is 8.26. The first-order chi connectivity index (χ1) is 16.0. The summed E-state index contributed by atoms with van der Waals surface area (Å²) in [7, 11) is 7.96. The summed E-state index contributed by atoms with van der Waals surface area (Å²) in [5.74, 6) is 3.74. The van der Waals surface area contributed by atoms with Crippen molar-refractivity contribution >= 4 is 23.0 Å². The zero-order valence-electron chi connectivity index (χ0n) is 19.3. The standard InChI is InChI=1S/C24H28N2O6S/c1-27-17-9-10-19(21(13-17)29-3)25-24(33)26(15-18-7-6-12-32-18)14-16-8-11-20(28-2)23(31-5)22(16)30-4/h6-13H,14-15H2,1-5H3,(H,25,33). The molecule has 0 fully saturated rings. The van der Waals surface area contributed by atoms with Crippen molar-refractivity contribution in [2.75, 3.05) is 40.9 Å². The van der Waals surface area contributed by atoms with Crippen molar-refractivity contribution < 1.29 is 28.1 Å². The summed E-state index contributed by atoms with van der Waals surface area (Å²) in [4.78, 5) is 1.96. The number of nitrogens with one attached hydrogen (secondary N) is 1. The van der Waals surface area contributed by atoms with Gasteiger partial charge in [0.2, 0.25) is 5.75 Å². The van der Waals surface area contributed by atoms with Gasteiger partial charge in [-0.05, 0) is 48.6 Å². The number of ether oxygens (including phenoxy) is 5. The van der Waals surface area contributed by atoms with Crippen LogP contribution in [0.3, 0.4) is 0 Å². The Morgan fingerprint density at radius 1 is 0.848 bits per heavy atom. The van der Waals surface area contributed by atoms with Gasteiger partial charge in [-0.3, -0.25) is 0 Å². The largest absolute Gasteiger partial charge is 0.497 e.